The molecule has 0 radical (unpaired) electrons. The molecule has 8 heteroatoms. The molecule has 2 heterocycles. The second-order valence-electron chi connectivity index (χ2n) is 4.38. The van der Waals surface area contributed by atoms with Crippen molar-refractivity contribution in [3.8, 4) is 11.5 Å². The number of rotatable bonds is 2. The van der Waals surface area contributed by atoms with Crippen molar-refractivity contribution in [3.63, 3.8) is 0 Å². The highest BCUT2D eigenvalue weighted by Gasteiger charge is 2.14. The maximum atomic E-state index is 11.7. The number of hydrogen-bond donors (Lipinski definition) is 2. The highest BCUT2D eigenvalue weighted by molar-refractivity contribution is 6.44. The van der Waals surface area contributed by atoms with E-state index in [0.29, 0.717) is 28.4 Å². The highest BCUT2D eigenvalue weighted by Crippen LogP contribution is 2.39. The van der Waals surface area contributed by atoms with E-state index in [1.165, 1.54) is 10.8 Å². The van der Waals surface area contributed by atoms with Crippen LogP contribution in [-0.4, -0.2) is 14.5 Å². The monoisotopic (exact) mass is 324 g/mol. The quantitative estimate of drug-likeness (QED) is 0.709. The number of nitrogens with one attached hydrogen (secondary N) is 1. The SMILES string of the molecule is Cn1c(=O)[nH]c2nccc(Oc3ccc(N)c(Cl)c3Cl)c21. The van der Waals surface area contributed by atoms with Gasteiger partial charge >= 0.3 is 5.69 Å². The van der Waals surface area contributed by atoms with Crippen molar-refractivity contribution >= 4 is 40.1 Å². The third-order valence-corrected chi connectivity index (χ3v) is 3.93. The predicted molar refractivity (Wildman–Crippen MR) is 82.3 cm³/mol. The molecule has 0 bridgehead atoms. The van der Waals surface area contributed by atoms with Crippen LogP contribution in [0.2, 0.25) is 10.0 Å². The standard InChI is InChI=1S/C13H10Cl2N4O2/c1-19-11-8(4-5-17-12(11)18-13(19)20)21-7-3-2-6(16)9(14)10(7)15/h2-5H,16H2,1H3,(H,17,18,20). The van der Waals surface area contributed by atoms with Gasteiger partial charge in [0.2, 0.25) is 0 Å². The largest absolute Gasteiger partial charge is 0.453 e. The van der Waals surface area contributed by atoms with Crippen molar-refractivity contribution in [1.29, 1.82) is 0 Å². The maximum absolute atomic E-state index is 11.7. The number of halogens is 2. The van der Waals surface area contributed by atoms with Crippen LogP contribution < -0.4 is 16.2 Å². The van der Waals surface area contributed by atoms with Crippen LogP contribution in [0.25, 0.3) is 11.2 Å². The number of nitrogens with two attached hydrogens (primary N) is 1. The highest BCUT2D eigenvalue weighted by atomic mass is 35.5. The van der Waals surface area contributed by atoms with Crippen molar-refractivity contribution in [2.24, 2.45) is 7.05 Å². The number of aromatic nitrogens is 3. The zero-order valence-electron chi connectivity index (χ0n) is 10.9. The minimum atomic E-state index is -0.282. The van der Waals surface area contributed by atoms with Gasteiger partial charge in [-0.25, -0.2) is 9.78 Å². The lowest BCUT2D eigenvalue weighted by atomic mass is 10.3. The summed E-state index contributed by atoms with van der Waals surface area (Å²) in [6.45, 7) is 0. The van der Waals surface area contributed by atoms with E-state index in [1.807, 2.05) is 0 Å². The Bertz CT molecular complexity index is 901. The fraction of sp³-hybridized carbons (Fsp3) is 0.0769. The molecule has 0 aliphatic rings. The van der Waals surface area contributed by atoms with E-state index < -0.39 is 0 Å². The molecular formula is C13H10Cl2N4O2. The van der Waals surface area contributed by atoms with Gasteiger partial charge in [0, 0.05) is 19.3 Å². The minimum Gasteiger partial charge on any atom is -0.453 e. The Morgan fingerprint density at radius 2 is 2.00 bits per heavy atom. The number of hydrogen-bond acceptors (Lipinski definition) is 4. The van der Waals surface area contributed by atoms with Crippen molar-refractivity contribution in [1.82, 2.24) is 14.5 Å². The number of nitrogens with zero attached hydrogens (tertiary/aromatic N) is 2. The summed E-state index contributed by atoms with van der Waals surface area (Å²) in [4.78, 5) is 18.4. The first-order valence-corrected chi connectivity index (χ1v) is 6.69. The zero-order valence-corrected chi connectivity index (χ0v) is 12.4. The molecule has 0 unspecified atom stereocenters. The van der Waals surface area contributed by atoms with Crippen LogP contribution in [0.4, 0.5) is 5.69 Å². The van der Waals surface area contributed by atoms with Gasteiger partial charge < -0.3 is 10.5 Å². The first-order valence-electron chi connectivity index (χ1n) is 5.94. The molecule has 0 aliphatic carbocycles. The smallest absolute Gasteiger partial charge is 0.327 e. The zero-order chi connectivity index (χ0) is 15.1. The second-order valence-corrected chi connectivity index (χ2v) is 5.13. The van der Waals surface area contributed by atoms with E-state index in [2.05, 4.69) is 9.97 Å². The number of H-pyrrole nitrogens is 1. The molecule has 0 saturated heterocycles. The Balaban J connectivity index is 2.15. The Hall–Kier alpha value is -2.18. The van der Waals surface area contributed by atoms with Gasteiger partial charge in [0.05, 0.1) is 10.7 Å². The van der Waals surface area contributed by atoms with E-state index in [4.69, 9.17) is 33.7 Å². The number of imidazole rings is 1. The summed E-state index contributed by atoms with van der Waals surface area (Å²) in [5, 5.41) is 0.435. The average Bonchev–Trinajstić information content (AvgIpc) is 2.76. The first-order chi connectivity index (χ1) is 9.99. The normalized spacial score (nSPS) is 11.0. The molecule has 0 saturated carbocycles. The summed E-state index contributed by atoms with van der Waals surface area (Å²) in [5.41, 5.74) is 6.71. The molecule has 108 valence electrons. The molecule has 0 spiro atoms. The minimum absolute atomic E-state index is 0.210. The number of fused-ring (bicyclic) bond motifs is 1. The van der Waals surface area contributed by atoms with Crippen molar-refractivity contribution in [2.75, 3.05) is 5.73 Å². The van der Waals surface area contributed by atoms with Gasteiger partial charge in [0.25, 0.3) is 0 Å². The van der Waals surface area contributed by atoms with Gasteiger partial charge in [-0.05, 0) is 12.1 Å². The molecule has 6 nitrogen and oxygen atoms in total. The van der Waals surface area contributed by atoms with Gasteiger partial charge in [-0.15, -0.1) is 0 Å². The Kier molecular flexibility index (Phi) is 3.27. The summed E-state index contributed by atoms with van der Waals surface area (Å²) in [7, 11) is 1.62. The van der Waals surface area contributed by atoms with Gasteiger partial charge in [0.15, 0.2) is 11.4 Å². The third-order valence-electron chi connectivity index (χ3n) is 3.05. The number of ether oxygens (including phenoxy) is 1. The van der Waals surface area contributed by atoms with Crippen molar-refractivity contribution < 1.29 is 4.74 Å². The van der Waals surface area contributed by atoms with Crippen molar-refractivity contribution in [3.05, 3.63) is 44.9 Å². The topological polar surface area (TPSA) is 85.9 Å². The summed E-state index contributed by atoms with van der Waals surface area (Å²) in [6.07, 6.45) is 1.53. The molecule has 0 fully saturated rings. The second kappa shape index (κ2) is 4.98. The molecule has 1 aromatic carbocycles. The number of benzene rings is 1. The lowest BCUT2D eigenvalue weighted by Crippen LogP contribution is -2.12. The van der Waals surface area contributed by atoms with E-state index in [-0.39, 0.29) is 15.7 Å². The Morgan fingerprint density at radius 3 is 2.76 bits per heavy atom. The van der Waals surface area contributed by atoms with Crippen LogP contribution in [0.15, 0.2) is 29.2 Å². The van der Waals surface area contributed by atoms with E-state index in [0.717, 1.165) is 0 Å². The molecule has 0 atom stereocenters. The summed E-state index contributed by atoms with van der Waals surface area (Å²) >= 11 is 12.1. The van der Waals surface area contributed by atoms with Crippen LogP contribution in [-0.2, 0) is 7.05 Å². The predicted octanol–water partition coefficient (Wildman–Crippen LogP) is 2.94. The lowest BCUT2D eigenvalue weighted by molar-refractivity contribution is 0.485. The van der Waals surface area contributed by atoms with Crippen LogP contribution >= 0.6 is 23.2 Å². The summed E-state index contributed by atoms with van der Waals surface area (Å²) in [6, 6.07) is 4.84. The van der Waals surface area contributed by atoms with E-state index >= 15 is 0 Å². The molecule has 0 aliphatic heterocycles. The first kappa shape index (κ1) is 13.8. The number of aromatic amines is 1. The van der Waals surface area contributed by atoms with Gasteiger partial charge in [-0.1, -0.05) is 23.2 Å². The fourth-order valence-electron chi connectivity index (χ4n) is 1.96. The number of anilines is 1. The van der Waals surface area contributed by atoms with Gasteiger partial charge in [0.1, 0.15) is 16.3 Å². The molecule has 2 aromatic heterocycles. The average molecular weight is 325 g/mol. The van der Waals surface area contributed by atoms with Gasteiger partial charge in [-0.3, -0.25) is 9.55 Å². The number of nitrogen functional groups attached to an aromatic ring is 1. The number of pyridine rings is 1. The summed E-state index contributed by atoms with van der Waals surface area (Å²) in [5.74, 6) is 0.778. The molecule has 3 aromatic rings. The molecular weight excluding hydrogens is 315 g/mol. The third kappa shape index (κ3) is 2.22. The lowest BCUT2D eigenvalue weighted by Gasteiger charge is -2.11. The van der Waals surface area contributed by atoms with Crippen LogP contribution in [0, 0.1) is 0 Å². The van der Waals surface area contributed by atoms with E-state index in [9.17, 15) is 4.79 Å². The Morgan fingerprint density at radius 1 is 1.24 bits per heavy atom. The fourth-order valence-corrected chi connectivity index (χ4v) is 2.33. The van der Waals surface area contributed by atoms with Crippen LogP contribution in [0.5, 0.6) is 11.5 Å². The summed E-state index contributed by atoms with van der Waals surface area (Å²) < 4.78 is 7.17. The number of aryl methyl sites for hydroxylation is 1. The van der Waals surface area contributed by atoms with Gasteiger partial charge in [-0.2, -0.15) is 0 Å². The van der Waals surface area contributed by atoms with E-state index in [1.54, 1.807) is 25.2 Å². The maximum Gasteiger partial charge on any atom is 0.327 e. The molecule has 21 heavy (non-hydrogen) atoms. The van der Waals surface area contributed by atoms with Crippen molar-refractivity contribution in [2.45, 2.75) is 0 Å². The molecule has 0 amide bonds. The molecule has 3 rings (SSSR count). The molecule has 3 N–H and O–H groups in total. The van der Waals surface area contributed by atoms with Crippen LogP contribution in [0.1, 0.15) is 0 Å². The van der Waals surface area contributed by atoms with Crippen LogP contribution in [0.3, 0.4) is 0 Å². The Labute approximate surface area is 129 Å².